The van der Waals surface area contributed by atoms with Gasteiger partial charge in [0.2, 0.25) is 0 Å². The molecule has 0 saturated heterocycles. The van der Waals surface area contributed by atoms with Crippen molar-refractivity contribution >= 4 is 35.1 Å². The number of nitrogens with one attached hydrogen (secondary N) is 1. The maximum atomic E-state index is 12.0. The van der Waals surface area contributed by atoms with Crippen molar-refractivity contribution in [3.63, 3.8) is 0 Å². The molecule has 0 bridgehead atoms. The highest BCUT2D eigenvalue weighted by Gasteiger charge is 2.36. The fourth-order valence-electron chi connectivity index (χ4n) is 1.88. The molecule has 2 heterocycles. The SMILES string of the molecule is CN(C)C(=O)c1c(O)c(NC2=C(Cl)C(=O)N(C)C2=O)nn1C. The lowest BCUT2D eigenvalue weighted by molar-refractivity contribution is -0.135. The monoisotopic (exact) mass is 327 g/mol. The zero-order valence-electron chi connectivity index (χ0n) is 12.3. The van der Waals surface area contributed by atoms with E-state index >= 15 is 0 Å². The molecule has 0 atom stereocenters. The van der Waals surface area contributed by atoms with Crippen LogP contribution in [0, 0.1) is 0 Å². The molecule has 0 fully saturated rings. The molecule has 22 heavy (non-hydrogen) atoms. The fraction of sp³-hybridized carbons (Fsp3) is 0.333. The highest BCUT2D eigenvalue weighted by atomic mass is 35.5. The number of hydrogen-bond acceptors (Lipinski definition) is 6. The van der Waals surface area contributed by atoms with Gasteiger partial charge in [0.1, 0.15) is 10.7 Å². The first kappa shape index (κ1) is 15.8. The van der Waals surface area contributed by atoms with Crippen molar-refractivity contribution in [3.05, 3.63) is 16.4 Å². The molecule has 1 aliphatic heterocycles. The number of amides is 3. The Hall–Kier alpha value is -2.55. The van der Waals surface area contributed by atoms with E-state index in [4.69, 9.17) is 11.6 Å². The number of hydrogen-bond donors (Lipinski definition) is 2. The molecular formula is C12H14ClN5O4. The van der Waals surface area contributed by atoms with E-state index in [1.165, 1.54) is 37.8 Å². The number of aryl methyl sites for hydroxylation is 1. The van der Waals surface area contributed by atoms with Crippen LogP contribution in [0.1, 0.15) is 10.5 Å². The predicted molar refractivity (Wildman–Crippen MR) is 77.2 cm³/mol. The molecule has 0 spiro atoms. The number of likely N-dealkylation sites (N-methyl/N-ethyl adjacent to an activating group) is 1. The summed E-state index contributed by atoms with van der Waals surface area (Å²) in [4.78, 5) is 37.6. The number of anilines is 1. The van der Waals surface area contributed by atoms with Gasteiger partial charge in [-0.3, -0.25) is 24.0 Å². The molecule has 10 heteroatoms. The van der Waals surface area contributed by atoms with Crippen LogP contribution >= 0.6 is 11.6 Å². The summed E-state index contributed by atoms with van der Waals surface area (Å²) < 4.78 is 1.17. The molecule has 0 aromatic carbocycles. The third kappa shape index (κ3) is 2.29. The van der Waals surface area contributed by atoms with Crippen molar-refractivity contribution in [2.75, 3.05) is 26.5 Å². The predicted octanol–water partition coefficient (Wildman–Crippen LogP) is -0.312. The third-order valence-electron chi connectivity index (χ3n) is 3.10. The average molecular weight is 328 g/mol. The van der Waals surface area contributed by atoms with Crippen molar-refractivity contribution in [1.82, 2.24) is 19.6 Å². The van der Waals surface area contributed by atoms with Gasteiger partial charge in [-0.05, 0) is 0 Å². The molecule has 0 saturated carbocycles. The quantitative estimate of drug-likeness (QED) is 0.737. The Morgan fingerprint density at radius 2 is 1.86 bits per heavy atom. The van der Waals surface area contributed by atoms with Crippen molar-refractivity contribution in [2.45, 2.75) is 0 Å². The van der Waals surface area contributed by atoms with Crippen LogP contribution in [0.15, 0.2) is 10.7 Å². The van der Waals surface area contributed by atoms with E-state index in [9.17, 15) is 19.5 Å². The normalized spacial score (nSPS) is 14.9. The Balaban J connectivity index is 2.41. The second kappa shape index (κ2) is 5.34. The van der Waals surface area contributed by atoms with Gasteiger partial charge in [-0.2, -0.15) is 5.10 Å². The number of aromatic nitrogens is 2. The lowest BCUT2D eigenvalue weighted by Gasteiger charge is -2.10. The molecule has 0 radical (unpaired) electrons. The standard InChI is InChI=1S/C12H14ClN5O4/c1-16(2)12(22)7-8(19)9(15-18(7)4)14-6-5(13)10(20)17(3)11(6)21/h19H,1-4H3,(H,14,15). The Morgan fingerprint density at radius 3 is 2.32 bits per heavy atom. The summed E-state index contributed by atoms with van der Waals surface area (Å²) in [6.07, 6.45) is 0. The van der Waals surface area contributed by atoms with E-state index < -0.39 is 23.5 Å². The number of aromatic hydroxyl groups is 1. The van der Waals surface area contributed by atoms with Gasteiger partial charge in [0.15, 0.2) is 17.3 Å². The van der Waals surface area contributed by atoms with Crippen LogP contribution in [-0.2, 0) is 16.6 Å². The molecule has 2 rings (SSSR count). The third-order valence-corrected chi connectivity index (χ3v) is 3.46. The van der Waals surface area contributed by atoms with Crippen LogP contribution in [0.5, 0.6) is 5.75 Å². The highest BCUT2D eigenvalue weighted by Crippen LogP contribution is 2.31. The van der Waals surface area contributed by atoms with Crippen LogP contribution < -0.4 is 5.32 Å². The number of carbonyl (C=O) groups is 3. The van der Waals surface area contributed by atoms with Crippen molar-refractivity contribution in [2.24, 2.45) is 7.05 Å². The minimum absolute atomic E-state index is 0.0608. The molecule has 1 aromatic rings. The second-order valence-electron chi connectivity index (χ2n) is 4.85. The summed E-state index contributed by atoms with van der Waals surface area (Å²) in [7, 11) is 5.79. The van der Waals surface area contributed by atoms with Gasteiger partial charge in [-0.15, -0.1) is 0 Å². The molecule has 9 nitrogen and oxygen atoms in total. The van der Waals surface area contributed by atoms with Crippen molar-refractivity contribution < 1.29 is 19.5 Å². The van der Waals surface area contributed by atoms with Gasteiger partial charge >= 0.3 is 0 Å². The largest absolute Gasteiger partial charge is 0.503 e. The van der Waals surface area contributed by atoms with E-state index in [-0.39, 0.29) is 22.2 Å². The summed E-state index contributed by atoms with van der Waals surface area (Å²) in [5.41, 5.74) is -0.263. The molecule has 1 aliphatic rings. The first-order valence-corrected chi connectivity index (χ1v) is 6.51. The molecule has 1 aromatic heterocycles. The maximum absolute atomic E-state index is 12.0. The topological polar surface area (TPSA) is 108 Å². The van der Waals surface area contributed by atoms with Crippen LogP contribution in [0.25, 0.3) is 0 Å². The van der Waals surface area contributed by atoms with Gasteiger partial charge < -0.3 is 15.3 Å². The molecule has 0 unspecified atom stereocenters. The Labute approximate surface area is 130 Å². The summed E-state index contributed by atoms with van der Waals surface area (Å²) in [5.74, 6) is -2.36. The number of carbonyl (C=O) groups excluding carboxylic acids is 3. The van der Waals surface area contributed by atoms with Gasteiger partial charge in [0, 0.05) is 28.2 Å². The lowest BCUT2D eigenvalue weighted by Crippen LogP contribution is -2.27. The van der Waals surface area contributed by atoms with E-state index in [2.05, 4.69) is 10.4 Å². The van der Waals surface area contributed by atoms with E-state index in [0.29, 0.717) is 0 Å². The smallest absolute Gasteiger partial charge is 0.278 e. The number of nitrogens with zero attached hydrogens (tertiary/aromatic N) is 4. The average Bonchev–Trinajstić information content (AvgIpc) is 2.83. The highest BCUT2D eigenvalue weighted by molar-refractivity contribution is 6.48. The zero-order chi connectivity index (χ0) is 16.8. The van der Waals surface area contributed by atoms with Gasteiger partial charge in [0.05, 0.1) is 0 Å². The molecule has 2 N–H and O–H groups in total. The Morgan fingerprint density at radius 1 is 1.27 bits per heavy atom. The number of imide groups is 1. The van der Waals surface area contributed by atoms with Crippen LogP contribution in [0.3, 0.4) is 0 Å². The molecule has 3 amide bonds. The maximum Gasteiger partial charge on any atom is 0.278 e. The zero-order valence-corrected chi connectivity index (χ0v) is 13.1. The Kier molecular flexibility index (Phi) is 3.84. The van der Waals surface area contributed by atoms with Gasteiger partial charge in [-0.1, -0.05) is 11.6 Å². The molecular weight excluding hydrogens is 314 g/mol. The van der Waals surface area contributed by atoms with Crippen molar-refractivity contribution in [3.8, 4) is 5.75 Å². The summed E-state index contributed by atoms with van der Waals surface area (Å²) in [6.45, 7) is 0. The van der Waals surface area contributed by atoms with Gasteiger partial charge in [-0.25, -0.2) is 0 Å². The first-order valence-electron chi connectivity index (χ1n) is 6.13. The Bertz CT molecular complexity index is 721. The lowest BCUT2D eigenvalue weighted by atomic mass is 10.3. The summed E-state index contributed by atoms with van der Waals surface area (Å²) in [5, 5.41) is 16.3. The van der Waals surface area contributed by atoms with Crippen LogP contribution in [0.4, 0.5) is 5.82 Å². The summed E-state index contributed by atoms with van der Waals surface area (Å²) >= 11 is 5.79. The van der Waals surface area contributed by atoms with E-state index in [0.717, 1.165) is 4.90 Å². The van der Waals surface area contributed by atoms with Crippen LogP contribution in [-0.4, -0.2) is 63.6 Å². The minimum atomic E-state index is -0.658. The second-order valence-corrected chi connectivity index (χ2v) is 5.23. The number of rotatable bonds is 3. The van der Waals surface area contributed by atoms with Crippen LogP contribution in [0.2, 0.25) is 0 Å². The molecule has 118 valence electrons. The van der Waals surface area contributed by atoms with E-state index in [1.807, 2.05) is 0 Å². The summed E-state index contributed by atoms with van der Waals surface area (Å²) in [6, 6.07) is 0. The van der Waals surface area contributed by atoms with E-state index in [1.54, 1.807) is 0 Å². The molecule has 0 aliphatic carbocycles. The fourth-order valence-corrected chi connectivity index (χ4v) is 2.14. The minimum Gasteiger partial charge on any atom is -0.503 e. The first-order chi connectivity index (χ1) is 10.2. The number of halogens is 1. The van der Waals surface area contributed by atoms with Crippen molar-refractivity contribution in [1.29, 1.82) is 0 Å². The van der Waals surface area contributed by atoms with Gasteiger partial charge in [0.25, 0.3) is 17.7 Å².